The van der Waals surface area contributed by atoms with Crippen molar-refractivity contribution in [1.29, 1.82) is 0 Å². The van der Waals surface area contributed by atoms with E-state index in [2.05, 4.69) is 34.6 Å². The third kappa shape index (κ3) is 4.48. The summed E-state index contributed by atoms with van der Waals surface area (Å²) in [6.45, 7) is 2.65. The van der Waals surface area contributed by atoms with Crippen LogP contribution in [0.5, 0.6) is 0 Å². The Labute approximate surface area is 151 Å². The fraction of sp³-hybridized carbons (Fsp3) is 0.211. The van der Waals surface area contributed by atoms with Gasteiger partial charge in [0.15, 0.2) is 16.8 Å². The molecule has 25 heavy (non-hydrogen) atoms. The molecule has 1 heterocycles. The highest BCUT2D eigenvalue weighted by Gasteiger charge is 2.12. The lowest BCUT2D eigenvalue weighted by Crippen LogP contribution is -2.07. The van der Waals surface area contributed by atoms with Gasteiger partial charge >= 0.3 is 0 Å². The topological polar surface area (TPSA) is 59.8 Å². The molecule has 2 aromatic carbocycles. The van der Waals surface area contributed by atoms with Crippen LogP contribution in [0.1, 0.15) is 21.7 Å². The smallest absolute Gasteiger partial charge is 0.191 e. The van der Waals surface area contributed by atoms with E-state index >= 15 is 0 Å². The fourth-order valence-electron chi connectivity index (χ4n) is 2.31. The first-order valence-electron chi connectivity index (χ1n) is 8.03. The third-order valence-electron chi connectivity index (χ3n) is 3.86. The van der Waals surface area contributed by atoms with Gasteiger partial charge in [-0.05, 0) is 19.1 Å². The minimum Gasteiger partial charge on any atom is -0.378 e. The fourth-order valence-corrected chi connectivity index (χ4v) is 3.14. The molecule has 128 valence electrons. The average molecular weight is 352 g/mol. The van der Waals surface area contributed by atoms with E-state index in [1.807, 2.05) is 54.1 Å². The van der Waals surface area contributed by atoms with Gasteiger partial charge in [0.1, 0.15) is 0 Å². The maximum Gasteiger partial charge on any atom is 0.191 e. The number of aryl methyl sites for hydroxylation is 1. The van der Waals surface area contributed by atoms with Crippen LogP contribution in [0.2, 0.25) is 0 Å². The highest BCUT2D eigenvalue weighted by Crippen LogP contribution is 2.18. The molecule has 0 aliphatic rings. The average Bonchev–Trinajstić information content (AvgIpc) is 3.00. The van der Waals surface area contributed by atoms with E-state index in [1.165, 1.54) is 17.3 Å². The van der Waals surface area contributed by atoms with Crippen molar-refractivity contribution in [3.8, 4) is 0 Å². The summed E-state index contributed by atoms with van der Waals surface area (Å²) in [6, 6.07) is 17.5. The number of nitrogens with zero attached hydrogens (tertiary/aromatic N) is 3. The van der Waals surface area contributed by atoms with Crippen LogP contribution in [-0.4, -0.2) is 26.3 Å². The van der Waals surface area contributed by atoms with E-state index in [0.29, 0.717) is 12.3 Å². The molecule has 1 N–H and O–H groups in total. The number of anilines is 1. The lowest BCUT2D eigenvalue weighted by molar-refractivity contribution is 0.102. The second kappa shape index (κ2) is 7.98. The van der Waals surface area contributed by atoms with Crippen LogP contribution in [0.4, 0.5) is 5.69 Å². The number of rotatable bonds is 7. The molecule has 0 spiro atoms. The Balaban J connectivity index is 1.57. The summed E-state index contributed by atoms with van der Waals surface area (Å²) in [5.41, 5.74) is 2.99. The Kier molecular flexibility index (Phi) is 5.50. The van der Waals surface area contributed by atoms with Gasteiger partial charge in [0.25, 0.3) is 0 Å². The molecule has 3 aromatic rings. The molecule has 3 rings (SSSR count). The van der Waals surface area contributed by atoms with Crippen molar-refractivity contribution in [1.82, 2.24) is 14.8 Å². The lowest BCUT2D eigenvalue weighted by Gasteiger charge is -2.07. The number of carbonyl (C=O) groups is 1. The SMILES string of the molecule is Cc1ccc(NCc2nnc(SCC(=O)c3ccccc3)n2C)cc1. The molecular weight excluding hydrogens is 332 g/mol. The number of nitrogens with one attached hydrogen (secondary N) is 1. The molecule has 1 aromatic heterocycles. The lowest BCUT2D eigenvalue weighted by atomic mass is 10.2. The number of hydrogen-bond acceptors (Lipinski definition) is 5. The van der Waals surface area contributed by atoms with E-state index in [1.54, 1.807) is 0 Å². The van der Waals surface area contributed by atoms with Crippen molar-refractivity contribution in [2.45, 2.75) is 18.6 Å². The number of Topliss-reactive ketones (excluding diaryl/α,β-unsaturated/α-hetero) is 1. The summed E-state index contributed by atoms with van der Waals surface area (Å²) >= 11 is 1.41. The number of thioether (sulfide) groups is 1. The highest BCUT2D eigenvalue weighted by atomic mass is 32.2. The molecule has 0 fully saturated rings. The zero-order valence-electron chi connectivity index (χ0n) is 14.3. The van der Waals surface area contributed by atoms with Crippen molar-refractivity contribution in [3.63, 3.8) is 0 Å². The zero-order chi connectivity index (χ0) is 17.6. The third-order valence-corrected chi connectivity index (χ3v) is 4.88. The van der Waals surface area contributed by atoms with Gasteiger partial charge in [-0.15, -0.1) is 10.2 Å². The summed E-state index contributed by atoms with van der Waals surface area (Å²) in [5.74, 6) is 1.27. The minimum atomic E-state index is 0.0907. The van der Waals surface area contributed by atoms with Crippen LogP contribution in [0.25, 0.3) is 0 Å². The largest absolute Gasteiger partial charge is 0.378 e. The van der Waals surface area contributed by atoms with Gasteiger partial charge in [0, 0.05) is 18.3 Å². The number of hydrogen-bond donors (Lipinski definition) is 1. The monoisotopic (exact) mass is 352 g/mol. The van der Waals surface area contributed by atoms with Crippen LogP contribution in [0.15, 0.2) is 59.8 Å². The second-order valence-corrected chi connectivity index (χ2v) is 6.70. The maximum absolute atomic E-state index is 12.2. The normalized spacial score (nSPS) is 10.6. The van der Waals surface area contributed by atoms with Crippen molar-refractivity contribution in [2.75, 3.05) is 11.1 Å². The minimum absolute atomic E-state index is 0.0907. The quantitative estimate of drug-likeness (QED) is 0.519. The summed E-state index contributed by atoms with van der Waals surface area (Å²) < 4.78 is 1.92. The number of ketones is 1. The van der Waals surface area contributed by atoms with E-state index in [0.717, 1.165) is 22.2 Å². The molecule has 0 amide bonds. The van der Waals surface area contributed by atoms with Crippen LogP contribution in [0.3, 0.4) is 0 Å². The Morgan fingerprint density at radius 1 is 1.08 bits per heavy atom. The molecule has 0 aliphatic heterocycles. The molecule has 0 saturated carbocycles. The van der Waals surface area contributed by atoms with Crippen LogP contribution in [0, 0.1) is 6.92 Å². The Bertz CT molecular complexity index is 844. The van der Waals surface area contributed by atoms with Crippen molar-refractivity contribution in [3.05, 3.63) is 71.5 Å². The molecular formula is C19H20N4OS. The van der Waals surface area contributed by atoms with Crippen molar-refractivity contribution < 1.29 is 4.79 Å². The second-order valence-electron chi connectivity index (χ2n) is 5.76. The van der Waals surface area contributed by atoms with Gasteiger partial charge < -0.3 is 9.88 Å². The molecule has 0 unspecified atom stereocenters. The molecule has 6 heteroatoms. The number of carbonyl (C=O) groups excluding carboxylic acids is 1. The molecule has 0 bridgehead atoms. The summed E-state index contributed by atoms with van der Waals surface area (Å²) in [7, 11) is 1.92. The van der Waals surface area contributed by atoms with E-state index in [-0.39, 0.29) is 5.78 Å². The van der Waals surface area contributed by atoms with E-state index in [9.17, 15) is 4.79 Å². The van der Waals surface area contributed by atoms with Crippen molar-refractivity contribution in [2.24, 2.45) is 7.05 Å². The van der Waals surface area contributed by atoms with Crippen LogP contribution in [-0.2, 0) is 13.6 Å². The van der Waals surface area contributed by atoms with E-state index < -0.39 is 0 Å². The van der Waals surface area contributed by atoms with Crippen molar-refractivity contribution >= 4 is 23.2 Å². The molecule has 0 atom stereocenters. The Hall–Kier alpha value is -2.60. The standard InChI is InChI=1S/C19H20N4OS/c1-14-8-10-16(11-9-14)20-12-18-21-22-19(23(18)2)25-13-17(24)15-6-4-3-5-7-15/h3-11,20H,12-13H2,1-2H3. The summed E-state index contributed by atoms with van der Waals surface area (Å²) in [5, 5.41) is 12.5. The van der Waals surface area contributed by atoms with Crippen LogP contribution >= 0.6 is 11.8 Å². The van der Waals surface area contributed by atoms with Crippen LogP contribution < -0.4 is 5.32 Å². The van der Waals surface area contributed by atoms with Gasteiger partial charge in [-0.25, -0.2) is 0 Å². The first kappa shape index (κ1) is 17.2. The van der Waals surface area contributed by atoms with Gasteiger partial charge in [0.2, 0.25) is 0 Å². The number of benzene rings is 2. The van der Waals surface area contributed by atoms with Gasteiger partial charge in [-0.1, -0.05) is 59.8 Å². The van der Waals surface area contributed by atoms with Gasteiger partial charge in [-0.2, -0.15) is 0 Å². The molecule has 5 nitrogen and oxygen atoms in total. The van der Waals surface area contributed by atoms with Gasteiger partial charge in [-0.3, -0.25) is 4.79 Å². The molecule has 0 saturated heterocycles. The number of aromatic nitrogens is 3. The Morgan fingerprint density at radius 3 is 2.52 bits per heavy atom. The summed E-state index contributed by atoms with van der Waals surface area (Å²) in [6.07, 6.45) is 0. The zero-order valence-corrected chi connectivity index (χ0v) is 15.1. The van der Waals surface area contributed by atoms with Gasteiger partial charge in [0.05, 0.1) is 12.3 Å². The predicted molar refractivity (Wildman–Crippen MR) is 101 cm³/mol. The highest BCUT2D eigenvalue weighted by molar-refractivity contribution is 7.99. The molecule has 0 radical (unpaired) electrons. The first-order chi connectivity index (χ1) is 12.1. The molecule has 0 aliphatic carbocycles. The predicted octanol–water partition coefficient (Wildman–Crippen LogP) is 3.71. The first-order valence-corrected chi connectivity index (χ1v) is 9.02. The summed E-state index contributed by atoms with van der Waals surface area (Å²) in [4.78, 5) is 12.2. The van der Waals surface area contributed by atoms with E-state index in [4.69, 9.17) is 0 Å². The maximum atomic E-state index is 12.2. The Morgan fingerprint density at radius 2 is 1.80 bits per heavy atom.